The first-order chi connectivity index (χ1) is 10.0. The molecule has 1 rings (SSSR count). The van der Waals surface area contributed by atoms with Gasteiger partial charge in [0.25, 0.3) is 0 Å². The van der Waals surface area contributed by atoms with E-state index >= 15 is 0 Å². The van der Waals surface area contributed by atoms with Crippen LogP contribution >= 0.6 is 0 Å². The van der Waals surface area contributed by atoms with E-state index < -0.39 is 0 Å². The molecule has 0 aromatic carbocycles. The quantitative estimate of drug-likeness (QED) is 0.673. The van der Waals surface area contributed by atoms with Gasteiger partial charge in [0.05, 0.1) is 0 Å². The molecule has 0 aliphatic carbocycles. The molecule has 0 aliphatic rings. The normalized spacial score (nSPS) is 11.6. The predicted molar refractivity (Wildman–Crippen MR) is 88.7 cm³/mol. The molecule has 1 N–H and O–H groups in total. The number of hydrogen-bond donors (Lipinski definition) is 1. The highest BCUT2D eigenvalue weighted by Gasteiger charge is 2.12. The Morgan fingerprint density at radius 3 is 2.57 bits per heavy atom. The van der Waals surface area contributed by atoms with Crippen molar-refractivity contribution in [3.8, 4) is 5.88 Å². The zero-order chi connectivity index (χ0) is 15.7. The van der Waals surface area contributed by atoms with Gasteiger partial charge in [-0.25, -0.2) is 4.98 Å². The largest absolute Gasteiger partial charge is 0.476 e. The monoisotopic (exact) mass is 293 g/mol. The maximum Gasteiger partial charge on any atom is 0.213 e. The Hall–Kier alpha value is -1.13. The highest BCUT2D eigenvalue weighted by atomic mass is 16.5. The van der Waals surface area contributed by atoms with Crippen LogP contribution in [-0.2, 0) is 6.54 Å². The van der Waals surface area contributed by atoms with Crippen LogP contribution in [0.5, 0.6) is 5.88 Å². The molecule has 0 amide bonds. The fourth-order valence-electron chi connectivity index (χ4n) is 2.42. The second-order valence-electron chi connectivity index (χ2n) is 5.95. The standard InChI is InChI=1S/C17H31N3O/c1-6-8-18-13-16-7-9-19-17(12-16)21-11-10-20(14(2)3)15(4)5/h7,9,12,14-15,18H,6,8,10-11,13H2,1-5H3. The van der Waals surface area contributed by atoms with Crippen molar-refractivity contribution in [1.29, 1.82) is 0 Å². The molecule has 0 fully saturated rings. The zero-order valence-electron chi connectivity index (χ0n) is 14.2. The van der Waals surface area contributed by atoms with Crippen LogP contribution in [0.25, 0.3) is 0 Å². The molecule has 0 atom stereocenters. The third kappa shape index (κ3) is 6.91. The van der Waals surface area contributed by atoms with Gasteiger partial charge in [-0.05, 0) is 52.3 Å². The Morgan fingerprint density at radius 2 is 1.95 bits per heavy atom. The molecule has 0 saturated carbocycles. The van der Waals surface area contributed by atoms with E-state index in [0.717, 1.165) is 31.9 Å². The lowest BCUT2D eigenvalue weighted by Gasteiger charge is -2.30. The molecular formula is C17H31N3O. The van der Waals surface area contributed by atoms with Crippen molar-refractivity contribution in [3.05, 3.63) is 23.9 Å². The van der Waals surface area contributed by atoms with E-state index in [1.54, 1.807) is 0 Å². The van der Waals surface area contributed by atoms with Crippen molar-refractivity contribution < 1.29 is 4.74 Å². The molecule has 21 heavy (non-hydrogen) atoms. The molecule has 4 heteroatoms. The van der Waals surface area contributed by atoms with Gasteiger partial charge in [-0.3, -0.25) is 4.90 Å². The van der Waals surface area contributed by atoms with E-state index in [-0.39, 0.29) is 0 Å². The van der Waals surface area contributed by atoms with Crippen LogP contribution in [0.15, 0.2) is 18.3 Å². The van der Waals surface area contributed by atoms with Crippen LogP contribution in [0.3, 0.4) is 0 Å². The fraction of sp³-hybridized carbons (Fsp3) is 0.706. The van der Waals surface area contributed by atoms with Crippen LogP contribution in [0.2, 0.25) is 0 Å². The molecule has 1 heterocycles. The first-order valence-electron chi connectivity index (χ1n) is 8.08. The molecule has 0 unspecified atom stereocenters. The van der Waals surface area contributed by atoms with Crippen LogP contribution < -0.4 is 10.1 Å². The Labute approximate surface area is 129 Å². The summed E-state index contributed by atoms with van der Waals surface area (Å²) in [5.41, 5.74) is 1.22. The number of hydrogen-bond acceptors (Lipinski definition) is 4. The summed E-state index contributed by atoms with van der Waals surface area (Å²) in [6.07, 6.45) is 2.97. The van der Waals surface area contributed by atoms with E-state index in [2.05, 4.69) is 49.8 Å². The van der Waals surface area contributed by atoms with Gasteiger partial charge in [-0.2, -0.15) is 0 Å². The van der Waals surface area contributed by atoms with Crippen molar-refractivity contribution in [2.45, 2.75) is 59.7 Å². The summed E-state index contributed by atoms with van der Waals surface area (Å²) >= 11 is 0. The summed E-state index contributed by atoms with van der Waals surface area (Å²) in [7, 11) is 0. The minimum absolute atomic E-state index is 0.533. The van der Waals surface area contributed by atoms with Gasteiger partial charge in [-0.1, -0.05) is 6.92 Å². The van der Waals surface area contributed by atoms with E-state index in [9.17, 15) is 0 Å². The van der Waals surface area contributed by atoms with Gasteiger partial charge < -0.3 is 10.1 Å². The molecule has 4 nitrogen and oxygen atoms in total. The Balaban J connectivity index is 2.42. The van der Waals surface area contributed by atoms with E-state index in [1.807, 2.05) is 18.3 Å². The van der Waals surface area contributed by atoms with Gasteiger partial charge in [0, 0.05) is 37.4 Å². The lowest BCUT2D eigenvalue weighted by Crippen LogP contribution is -2.39. The Kier molecular flexibility index (Phi) is 8.31. The van der Waals surface area contributed by atoms with Gasteiger partial charge in [-0.15, -0.1) is 0 Å². The van der Waals surface area contributed by atoms with Crippen LogP contribution in [0.1, 0.15) is 46.6 Å². The number of nitrogens with one attached hydrogen (secondary N) is 1. The average molecular weight is 293 g/mol. The zero-order valence-corrected chi connectivity index (χ0v) is 14.2. The topological polar surface area (TPSA) is 37.4 Å². The van der Waals surface area contributed by atoms with Gasteiger partial charge >= 0.3 is 0 Å². The minimum Gasteiger partial charge on any atom is -0.476 e. The lowest BCUT2D eigenvalue weighted by atomic mass is 10.2. The summed E-state index contributed by atoms with van der Waals surface area (Å²) in [5, 5.41) is 3.39. The Bertz CT molecular complexity index is 385. The molecule has 0 radical (unpaired) electrons. The van der Waals surface area contributed by atoms with Gasteiger partial charge in [0.2, 0.25) is 5.88 Å². The Morgan fingerprint density at radius 1 is 1.24 bits per heavy atom. The number of rotatable bonds is 10. The maximum absolute atomic E-state index is 5.80. The first-order valence-corrected chi connectivity index (χ1v) is 8.08. The van der Waals surface area contributed by atoms with Crippen molar-refractivity contribution in [2.24, 2.45) is 0 Å². The van der Waals surface area contributed by atoms with Gasteiger partial charge in [0.1, 0.15) is 6.61 Å². The first kappa shape index (κ1) is 17.9. The molecular weight excluding hydrogens is 262 g/mol. The molecule has 120 valence electrons. The highest BCUT2D eigenvalue weighted by Crippen LogP contribution is 2.10. The van der Waals surface area contributed by atoms with Crippen LogP contribution in [-0.4, -0.2) is 41.7 Å². The van der Waals surface area contributed by atoms with E-state index in [0.29, 0.717) is 18.7 Å². The third-order valence-electron chi connectivity index (χ3n) is 3.48. The smallest absolute Gasteiger partial charge is 0.213 e. The van der Waals surface area contributed by atoms with Crippen molar-refractivity contribution in [2.75, 3.05) is 19.7 Å². The molecule has 1 aromatic rings. The highest BCUT2D eigenvalue weighted by molar-refractivity contribution is 5.20. The lowest BCUT2D eigenvalue weighted by molar-refractivity contribution is 0.140. The number of nitrogens with zero attached hydrogens (tertiary/aromatic N) is 2. The summed E-state index contributed by atoms with van der Waals surface area (Å²) in [6.45, 7) is 14.6. The molecule has 1 aromatic heterocycles. The number of pyridine rings is 1. The fourth-order valence-corrected chi connectivity index (χ4v) is 2.42. The van der Waals surface area contributed by atoms with Crippen molar-refractivity contribution in [3.63, 3.8) is 0 Å². The predicted octanol–water partition coefficient (Wildman–Crippen LogP) is 3.08. The van der Waals surface area contributed by atoms with E-state index in [4.69, 9.17) is 4.74 Å². The molecule has 0 aliphatic heterocycles. The second-order valence-corrected chi connectivity index (χ2v) is 5.95. The molecule has 0 spiro atoms. The van der Waals surface area contributed by atoms with Crippen molar-refractivity contribution in [1.82, 2.24) is 15.2 Å². The summed E-state index contributed by atoms with van der Waals surface area (Å²) < 4.78 is 5.80. The minimum atomic E-state index is 0.533. The SMILES string of the molecule is CCCNCc1ccnc(OCCN(C(C)C)C(C)C)c1. The summed E-state index contributed by atoms with van der Waals surface area (Å²) in [4.78, 5) is 6.71. The second kappa shape index (κ2) is 9.74. The maximum atomic E-state index is 5.80. The average Bonchev–Trinajstić information content (AvgIpc) is 2.43. The molecule has 0 bridgehead atoms. The third-order valence-corrected chi connectivity index (χ3v) is 3.48. The molecule has 0 saturated heterocycles. The van der Waals surface area contributed by atoms with Gasteiger partial charge in [0.15, 0.2) is 0 Å². The van der Waals surface area contributed by atoms with Crippen molar-refractivity contribution >= 4 is 0 Å². The van der Waals surface area contributed by atoms with Crippen LogP contribution in [0, 0.1) is 0 Å². The van der Waals surface area contributed by atoms with E-state index in [1.165, 1.54) is 5.56 Å². The van der Waals surface area contributed by atoms with Crippen LogP contribution in [0.4, 0.5) is 0 Å². The number of ether oxygens (including phenoxy) is 1. The summed E-state index contributed by atoms with van der Waals surface area (Å²) in [5.74, 6) is 0.721. The summed E-state index contributed by atoms with van der Waals surface area (Å²) in [6, 6.07) is 5.12. The number of aromatic nitrogens is 1.